The van der Waals surface area contributed by atoms with E-state index in [9.17, 15) is 13.6 Å². The summed E-state index contributed by atoms with van der Waals surface area (Å²) in [5, 5.41) is 0.626. The third-order valence-corrected chi connectivity index (χ3v) is 6.41. The van der Waals surface area contributed by atoms with Gasteiger partial charge in [0, 0.05) is 32.2 Å². The Hall–Kier alpha value is -2.94. The van der Waals surface area contributed by atoms with E-state index in [0.717, 1.165) is 6.07 Å². The first-order valence-corrected chi connectivity index (χ1v) is 10.5. The molecule has 2 unspecified atom stereocenters. The van der Waals surface area contributed by atoms with Crippen LogP contribution in [-0.2, 0) is 4.79 Å². The van der Waals surface area contributed by atoms with E-state index in [-0.39, 0.29) is 11.4 Å². The van der Waals surface area contributed by atoms with E-state index >= 15 is 0 Å². The molecule has 3 aromatic rings. The number of para-hydroxylation sites is 2. The van der Waals surface area contributed by atoms with Gasteiger partial charge in [0.05, 0.1) is 4.70 Å². The molecule has 1 fully saturated rings. The van der Waals surface area contributed by atoms with Crippen molar-refractivity contribution in [1.82, 2.24) is 9.88 Å². The number of carbonyl (C=O) groups excluding carboxylic acids is 1. The molecule has 9 heteroatoms. The van der Waals surface area contributed by atoms with Crippen molar-refractivity contribution in [3.8, 4) is 11.5 Å². The molecular weight excluding hydrogens is 412 g/mol. The summed E-state index contributed by atoms with van der Waals surface area (Å²) in [4.78, 5) is 21.1. The van der Waals surface area contributed by atoms with Gasteiger partial charge in [0.1, 0.15) is 17.4 Å². The topological polar surface area (TPSA) is 54.9 Å². The van der Waals surface area contributed by atoms with Crippen LogP contribution in [-0.4, -0.2) is 54.2 Å². The number of hydrogen-bond acceptors (Lipinski definition) is 6. The molecular formula is C21H19F2N3O3S. The number of aromatic nitrogens is 1. The highest BCUT2D eigenvalue weighted by Crippen LogP contribution is 2.35. The molecule has 0 aliphatic carbocycles. The molecule has 0 spiro atoms. The average molecular weight is 431 g/mol. The second kappa shape index (κ2) is 7.39. The van der Waals surface area contributed by atoms with Crippen molar-refractivity contribution in [1.29, 1.82) is 0 Å². The molecule has 0 saturated carbocycles. The van der Waals surface area contributed by atoms with Crippen LogP contribution in [0.25, 0.3) is 10.2 Å². The minimum atomic E-state index is -0.703. The molecule has 6 nitrogen and oxygen atoms in total. The maximum absolute atomic E-state index is 14.0. The maximum Gasteiger partial charge on any atom is 0.267 e. The summed E-state index contributed by atoms with van der Waals surface area (Å²) < 4.78 is 39.6. The van der Waals surface area contributed by atoms with E-state index in [2.05, 4.69) is 4.98 Å². The molecule has 1 aromatic heterocycles. The van der Waals surface area contributed by atoms with Gasteiger partial charge < -0.3 is 19.3 Å². The summed E-state index contributed by atoms with van der Waals surface area (Å²) in [6.45, 7) is 3.89. The van der Waals surface area contributed by atoms with Crippen molar-refractivity contribution < 1.29 is 23.0 Å². The molecule has 1 saturated heterocycles. The largest absolute Gasteiger partial charge is 0.482 e. The molecule has 1 amide bonds. The van der Waals surface area contributed by atoms with Crippen LogP contribution < -0.4 is 14.4 Å². The predicted molar refractivity (Wildman–Crippen MR) is 109 cm³/mol. The molecule has 2 aromatic carbocycles. The van der Waals surface area contributed by atoms with Crippen molar-refractivity contribution in [2.45, 2.75) is 19.1 Å². The fraction of sp³-hybridized carbons (Fsp3) is 0.333. The number of fused-ring (bicyclic) bond motifs is 2. The van der Waals surface area contributed by atoms with Crippen molar-refractivity contribution in [2.75, 3.05) is 31.1 Å². The van der Waals surface area contributed by atoms with Crippen LogP contribution in [0.1, 0.15) is 6.92 Å². The summed E-state index contributed by atoms with van der Waals surface area (Å²) in [6.07, 6.45) is -1.10. The van der Waals surface area contributed by atoms with Crippen LogP contribution in [0, 0.1) is 11.6 Å². The van der Waals surface area contributed by atoms with Crippen molar-refractivity contribution >= 4 is 32.6 Å². The first kappa shape index (κ1) is 19.0. The Bertz CT molecular complexity index is 1110. The number of piperazine rings is 1. The van der Waals surface area contributed by atoms with Crippen molar-refractivity contribution in [3.05, 3.63) is 48.0 Å². The lowest BCUT2D eigenvalue weighted by Crippen LogP contribution is -2.56. The summed E-state index contributed by atoms with van der Waals surface area (Å²) in [6, 6.07) is 9.43. The van der Waals surface area contributed by atoms with Gasteiger partial charge in [-0.05, 0) is 25.1 Å². The van der Waals surface area contributed by atoms with Gasteiger partial charge in [-0.2, -0.15) is 0 Å². The van der Waals surface area contributed by atoms with Gasteiger partial charge in [0.25, 0.3) is 5.91 Å². The Balaban J connectivity index is 1.27. The Kier molecular flexibility index (Phi) is 4.69. The van der Waals surface area contributed by atoms with Crippen LogP contribution in [0.15, 0.2) is 36.4 Å². The number of benzene rings is 2. The van der Waals surface area contributed by atoms with Gasteiger partial charge in [-0.15, -0.1) is 0 Å². The highest BCUT2D eigenvalue weighted by molar-refractivity contribution is 7.22. The lowest BCUT2D eigenvalue weighted by atomic mass is 10.1. The standard InChI is InChI=1S/C21H19F2N3O3S/c1-12-19(29-16-5-3-2-4-15(16)28-12)20(27)25-6-8-26(9-7-25)21-24-18-14(23)10-13(22)11-17(18)30-21/h2-5,10-12,19H,6-9H2,1H3. The number of amides is 1. The van der Waals surface area contributed by atoms with Crippen molar-refractivity contribution in [2.24, 2.45) is 0 Å². The van der Waals surface area contributed by atoms with Gasteiger partial charge in [-0.25, -0.2) is 13.8 Å². The Morgan fingerprint density at radius 2 is 1.80 bits per heavy atom. The summed E-state index contributed by atoms with van der Waals surface area (Å²) >= 11 is 1.25. The zero-order valence-corrected chi connectivity index (χ0v) is 17.0. The third kappa shape index (κ3) is 3.32. The van der Waals surface area contributed by atoms with Gasteiger partial charge in [0.2, 0.25) is 6.10 Å². The fourth-order valence-electron chi connectivity index (χ4n) is 3.77. The van der Waals surface area contributed by atoms with Gasteiger partial charge in [-0.3, -0.25) is 4.79 Å². The average Bonchev–Trinajstić information content (AvgIpc) is 3.17. The summed E-state index contributed by atoms with van der Waals surface area (Å²) in [7, 11) is 0. The zero-order valence-electron chi connectivity index (χ0n) is 16.2. The van der Waals surface area contributed by atoms with E-state index in [1.807, 2.05) is 30.0 Å². The van der Waals surface area contributed by atoms with Gasteiger partial charge in [0.15, 0.2) is 22.4 Å². The zero-order chi connectivity index (χ0) is 20.8. The lowest BCUT2D eigenvalue weighted by Gasteiger charge is -2.38. The summed E-state index contributed by atoms with van der Waals surface area (Å²) in [5.74, 6) is -0.190. The minimum absolute atomic E-state index is 0.117. The second-order valence-corrected chi connectivity index (χ2v) is 8.36. The number of thiazole rings is 1. The monoisotopic (exact) mass is 431 g/mol. The van der Waals surface area contributed by atoms with Crippen LogP contribution in [0.5, 0.6) is 11.5 Å². The molecule has 0 bridgehead atoms. The Morgan fingerprint density at radius 3 is 2.53 bits per heavy atom. The minimum Gasteiger partial charge on any atom is -0.482 e. The lowest BCUT2D eigenvalue weighted by molar-refractivity contribution is -0.144. The van der Waals surface area contributed by atoms with E-state index in [1.165, 1.54) is 17.4 Å². The molecule has 3 heterocycles. The molecule has 0 radical (unpaired) electrons. The molecule has 2 aliphatic heterocycles. The quantitative estimate of drug-likeness (QED) is 0.622. The predicted octanol–water partition coefficient (Wildman–Crippen LogP) is 3.45. The normalized spacial score (nSPS) is 21.2. The molecule has 5 rings (SSSR count). The van der Waals surface area contributed by atoms with Gasteiger partial charge in [-0.1, -0.05) is 23.5 Å². The molecule has 156 valence electrons. The first-order chi connectivity index (χ1) is 14.5. The first-order valence-electron chi connectivity index (χ1n) is 9.71. The second-order valence-electron chi connectivity index (χ2n) is 7.35. The van der Waals surface area contributed by atoms with E-state index in [1.54, 1.807) is 11.0 Å². The summed E-state index contributed by atoms with van der Waals surface area (Å²) in [5.41, 5.74) is 0.176. The molecule has 30 heavy (non-hydrogen) atoms. The van der Waals surface area contributed by atoms with Crippen LogP contribution in [0.4, 0.5) is 13.9 Å². The van der Waals surface area contributed by atoms with E-state index in [4.69, 9.17) is 9.47 Å². The number of nitrogens with zero attached hydrogens (tertiary/aromatic N) is 3. The Labute approximate surface area is 175 Å². The fourth-order valence-corrected chi connectivity index (χ4v) is 4.83. The number of anilines is 1. The van der Waals surface area contributed by atoms with Crippen molar-refractivity contribution in [3.63, 3.8) is 0 Å². The number of ether oxygens (including phenoxy) is 2. The smallest absolute Gasteiger partial charge is 0.267 e. The number of halogens is 2. The van der Waals surface area contributed by atoms with Crippen LogP contribution in [0.3, 0.4) is 0 Å². The van der Waals surface area contributed by atoms with Crippen LogP contribution >= 0.6 is 11.3 Å². The Morgan fingerprint density at radius 1 is 1.10 bits per heavy atom. The van der Waals surface area contributed by atoms with E-state index in [0.29, 0.717) is 47.5 Å². The molecule has 2 atom stereocenters. The SMILES string of the molecule is CC1Oc2ccccc2OC1C(=O)N1CCN(c2nc3c(F)cc(F)cc3s2)CC1. The number of carbonyl (C=O) groups is 1. The van der Waals surface area contributed by atoms with Crippen LogP contribution in [0.2, 0.25) is 0 Å². The number of rotatable bonds is 2. The highest BCUT2D eigenvalue weighted by atomic mass is 32.1. The number of hydrogen-bond donors (Lipinski definition) is 0. The van der Waals surface area contributed by atoms with Gasteiger partial charge >= 0.3 is 0 Å². The van der Waals surface area contributed by atoms with E-state index < -0.39 is 23.8 Å². The molecule has 2 aliphatic rings. The highest BCUT2D eigenvalue weighted by Gasteiger charge is 2.38. The maximum atomic E-state index is 14.0. The third-order valence-electron chi connectivity index (χ3n) is 5.35. The molecule has 0 N–H and O–H groups in total.